The van der Waals surface area contributed by atoms with E-state index in [0.717, 1.165) is 6.07 Å². The van der Waals surface area contributed by atoms with Crippen molar-refractivity contribution in [1.29, 1.82) is 0 Å². The second-order valence-corrected chi connectivity index (χ2v) is 3.99. The molecule has 2 amide bonds. The lowest BCUT2D eigenvalue weighted by atomic mass is 10.2. The number of carbonyl (C=O) groups excluding carboxylic acids is 2. The highest BCUT2D eigenvalue weighted by atomic mass is 19.1. The second kappa shape index (κ2) is 6.72. The Morgan fingerprint density at radius 1 is 1.32 bits per heavy atom. The minimum absolute atomic E-state index is 0.124. The summed E-state index contributed by atoms with van der Waals surface area (Å²) in [5.74, 6) is -1.53. The highest BCUT2D eigenvalue weighted by molar-refractivity contribution is 5.96. The van der Waals surface area contributed by atoms with E-state index in [1.54, 1.807) is 4.90 Å². The van der Waals surface area contributed by atoms with Gasteiger partial charge in [-0.1, -0.05) is 0 Å². The smallest absolute Gasteiger partial charge is 0.254 e. The third kappa shape index (κ3) is 3.94. The van der Waals surface area contributed by atoms with Crippen molar-refractivity contribution in [3.8, 4) is 0 Å². The molecule has 1 aromatic carbocycles. The third-order valence-corrected chi connectivity index (χ3v) is 2.75. The average Bonchev–Trinajstić information content (AvgIpc) is 2.37. The Labute approximate surface area is 111 Å². The number of rotatable bonds is 5. The van der Waals surface area contributed by atoms with E-state index in [1.807, 2.05) is 13.8 Å². The highest BCUT2D eigenvalue weighted by Gasteiger charge is 2.14. The molecule has 1 aromatic rings. The Hall–Kier alpha value is -2.11. The Bertz CT molecular complexity index is 473. The normalized spacial score (nSPS) is 10.1. The fourth-order valence-corrected chi connectivity index (χ4v) is 1.65. The van der Waals surface area contributed by atoms with Gasteiger partial charge in [0.25, 0.3) is 5.91 Å². The van der Waals surface area contributed by atoms with Crippen LogP contribution in [-0.2, 0) is 4.79 Å². The van der Waals surface area contributed by atoms with Crippen LogP contribution in [0, 0.1) is 5.82 Å². The molecule has 0 radical (unpaired) electrons. The predicted octanol–water partition coefficient (Wildman–Crippen LogP) is 1.01. The number of nitrogens with two attached hydrogens (primary N) is 1. The zero-order valence-corrected chi connectivity index (χ0v) is 11.1. The number of hydrogen-bond donors (Lipinski definition) is 2. The first-order chi connectivity index (χ1) is 8.99. The van der Waals surface area contributed by atoms with Crippen LogP contribution in [0.3, 0.4) is 0 Å². The molecule has 5 nitrogen and oxygen atoms in total. The number of amides is 2. The largest absolute Gasteiger partial charge is 0.399 e. The molecule has 0 aromatic heterocycles. The summed E-state index contributed by atoms with van der Waals surface area (Å²) in [4.78, 5) is 25.0. The lowest BCUT2D eigenvalue weighted by molar-refractivity contribution is -0.129. The van der Waals surface area contributed by atoms with Crippen LogP contribution in [0.25, 0.3) is 0 Å². The number of carbonyl (C=O) groups is 2. The molecule has 0 bridgehead atoms. The fourth-order valence-electron chi connectivity index (χ4n) is 1.65. The molecule has 0 aliphatic carbocycles. The summed E-state index contributed by atoms with van der Waals surface area (Å²) in [5, 5.41) is 2.40. The van der Waals surface area contributed by atoms with Crippen molar-refractivity contribution >= 4 is 17.5 Å². The van der Waals surface area contributed by atoms with Crippen LogP contribution in [0.1, 0.15) is 24.2 Å². The van der Waals surface area contributed by atoms with Gasteiger partial charge < -0.3 is 16.0 Å². The first kappa shape index (κ1) is 14.9. The number of benzene rings is 1. The van der Waals surface area contributed by atoms with Gasteiger partial charge in [0.15, 0.2) is 0 Å². The van der Waals surface area contributed by atoms with Gasteiger partial charge in [-0.25, -0.2) is 4.39 Å². The minimum atomic E-state index is -0.701. The van der Waals surface area contributed by atoms with Crippen LogP contribution < -0.4 is 11.1 Å². The SMILES string of the molecule is CCN(CC)C(=O)CNC(=O)c1ccc(N)cc1F. The van der Waals surface area contributed by atoms with Gasteiger partial charge in [-0.2, -0.15) is 0 Å². The summed E-state index contributed by atoms with van der Waals surface area (Å²) < 4.78 is 13.5. The van der Waals surface area contributed by atoms with Gasteiger partial charge in [-0.15, -0.1) is 0 Å². The molecular weight excluding hydrogens is 249 g/mol. The van der Waals surface area contributed by atoms with Crippen LogP contribution in [0.5, 0.6) is 0 Å². The fraction of sp³-hybridized carbons (Fsp3) is 0.385. The maximum atomic E-state index is 13.5. The average molecular weight is 267 g/mol. The van der Waals surface area contributed by atoms with E-state index in [4.69, 9.17) is 5.73 Å². The molecule has 104 valence electrons. The lowest BCUT2D eigenvalue weighted by Crippen LogP contribution is -2.40. The first-order valence-corrected chi connectivity index (χ1v) is 6.10. The van der Waals surface area contributed by atoms with Crippen molar-refractivity contribution in [2.24, 2.45) is 0 Å². The van der Waals surface area contributed by atoms with Crippen molar-refractivity contribution < 1.29 is 14.0 Å². The van der Waals surface area contributed by atoms with E-state index in [-0.39, 0.29) is 23.7 Å². The van der Waals surface area contributed by atoms with Crippen LogP contribution in [-0.4, -0.2) is 36.3 Å². The summed E-state index contributed by atoms with van der Waals surface area (Å²) in [6.07, 6.45) is 0. The second-order valence-electron chi connectivity index (χ2n) is 3.99. The summed E-state index contributed by atoms with van der Waals surface area (Å²) in [6, 6.07) is 3.80. The van der Waals surface area contributed by atoms with E-state index >= 15 is 0 Å². The van der Waals surface area contributed by atoms with Crippen molar-refractivity contribution in [2.75, 3.05) is 25.4 Å². The Balaban J connectivity index is 2.63. The van der Waals surface area contributed by atoms with Gasteiger partial charge in [-0.05, 0) is 32.0 Å². The molecule has 3 N–H and O–H groups in total. The third-order valence-electron chi connectivity index (χ3n) is 2.75. The molecular formula is C13H18FN3O2. The lowest BCUT2D eigenvalue weighted by Gasteiger charge is -2.18. The summed E-state index contributed by atoms with van der Waals surface area (Å²) in [7, 11) is 0. The number of likely N-dealkylation sites (N-methyl/N-ethyl adjacent to an activating group) is 1. The van der Waals surface area contributed by atoms with Crippen molar-refractivity contribution in [3.63, 3.8) is 0 Å². The van der Waals surface area contributed by atoms with Gasteiger partial charge in [-0.3, -0.25) is 9.59 Å². The van der Waals surface area contributed by atoms with E-state index in [1.165, 1.54) is 12.1 Å². The van der Waals surface area contributed by atoms with E-state index < -0.39 is 11.7 Å². The number of nitrogens with one attached hydrogen (secondary N) is 1. The molecule has 1 rings (SSSR count). The Morgan fingerprint density at radius 2 is 1.95 bits per heavy atom. The molecule has 0 fully saturated rings. The molecule has 0 spiro atoms. The van der Waals surface area contributed by atoms with Gasteiger partial charge in [0.2, 0.25) is 5.91 Å². The van der Waals surface area contributed by atoms with E-state index in [9.17, 15) is 14.0 Å². The number of anilines is 1. The Morgan fingerprint density at radius 3 is 2.47 bits per heavy atom. The molecule has 0 unspecified atom stereocenters. The molecule has 0 aliphatic rings. The summed E-state index contributed by atoms with van der Waals surface area (Å²) in [5.41, 5.74) is 5.51. The topological polar surface area (TPSA) is 75.4 Å². The molecule has 0 saturated carbocycles. The van der Waals surface area contributed by atoms with Crippen molar-refractivity contribution in [2.45, 2.75) is 13.8 Å². The molecule has 0 heterocycles. The van der Waals surface area contributed by atoms with Gasteiger partial charge >= 0.3 is 0 Å². The van der Waals surface area contributed by atoms with Crippen LogP contribution in [0.2, 0.25) is 0 Å². The number of hydrogen-bond acceptors (Lipinski definition) is 3. The maximum Gasteiger partial charge on any atom is 0.254 e. The molecule has 19 heavy (non-hydrogen) atoms. The zero-order valence-electron chi connectivity index (χ0n) is 11.1. The molecule has 0 aliphatic heterocycles. The van der Waals surface area contributed by atoms with Crippen LogP contribution in [0.15, 0.2) is 18.2 Å². The number of nitrogens with zero attached hydrogens (tertiary/aromatic N) is 1. The molecule has 0 saturated heterocycles. The van der Waals surface area contributed by atoms with Crippen LogP contribution in [0.4, 0.5) is 10.1 Å². The zero-order chi connectivity index (χ0) is 14.4. The van der Waals surface area contributed by atoms with E-state index in [2.05, 4.69) is 5.32 Å². The maximum absolute atomic E-state index is 13.5. The summed E-state index contributed by atoms with van der Waals surface area (Å²) >= 11 is 0. The first-order valence-electron chi connectivity index (χ1n) is 6.10. The number of nitrogen functional groups attached to an aromatic ring is 1. The van der Waals surface area contributed by atoms with Crippen molar-refractivity contribution in [1.82, 2.24) is 10.2 Å². The quantitative estimate of drug-likeness (QED) is 0.782. The van der Waals surface area contributed by atoms with Gasteiger partial charge in [0.1, 0.15) is 5.82 Å². The Kier molecular flexibility index (Phi) is 5.29. The molecule has 0 atom stereocenters. The predicted molar refractivity (Wildman–Crippen MR) is 71.1 cm³/mol. The van der Waals surface area contributed by atoms with E-state index in [0.29, 0.717) is 13.1 Å². The van der Waals surface area contributed by atoms with Crippen molar-refractivity contribution in [3.05, 3.63) is 29.6 Å². The highest BCUT2D eigenvalue weighted by Crippen LogP contribution is 2.11. The summed E-state index contributed by atoms with van der Waals surface area (Å²) in [6.45, 7) is 4.69. The van der Waals surface area contributed by atoms with Gasteiger partial charge in [0, 0.05) is 18.8 Å². The van der Waals surface area contributed by atoms with Crippen LogP contribution >= 0.6 is 0 Å². The molecule has 6 heteroatoms. The minimum Gasteiger partial charge on any atom is -0.399 e. The number of halogens is 1. The standard InChI is InChI=1S/C13H18FN3O2/c1-3-17(4-2)12(18)8-16-13(19)10-6-5-9(15)7-11(10)14/h5-7H,3-4,8,15H2,1-2H3,(H,16,19). The monoisotopic (exact) mass is 267 g/mol. The van der Waals surface area contributed by atoms with Gasteiger partial charge in [0.05, 0.1) is 12.1 Å².